The first kappa shape index (κ1) is 17.7. The first-order valence-electron chi connectivity index (χ1n) is 7.46. The molecule has 0 amide bonds. The third-order valence-electron chi connectivity index (χ3n) is 3.30. The van der Waals surface area contributed by atoms with Crippen LogP contribution < -0.4 is 9.47 Å². The smallest absolute Gasteiger partial charge is 0.338 e. The first-order chi connectivity index (χ1) is 11.5. The molecule has 24 heavy (non-hydrogen) atoms. The van der Waals surface area contributed by atoms with E-state index in [1.54, 1.807) is 6.92 Å². The van der Waals surface area contributed by atoms with Gasteiger partial charge in [-0.05, 0) is 18.6 Å². The van der Waals surface area contributed by atoms with E-state index in [2.05, 4.69) is 4.74 Å². The van der Waals surface area contributed by atoms with Gasteiger partial charge in [-0.3, -0.25) is 0 Å². The Morgan fingerprint density at radius 1 is 1.21 bits per heavy atom. The molecule has 2 aromatic rings. The molecule has 7 heteroatoms. The highest BCUT2D eigenvalue weighted by molar-refractivity contribution is 5.75. The van der Waals surface area contributed by atoms with Gasteiger partial charge in [0.2, 0.25) is 0 Å². The van der Waals surface area contributed by atoms with E-state index < -0.39 is 18.2 Å². The number of pyridine rings is 1. The lowest BCUT2D eigenvalue weighted by Crippen LogP contribution is -2.40. The van der Waals surface area contributed by atoms with E-state index in [4.69, 9.17) is 4.74 Å². The molecule has 128 valence electrons. The van der Waals surface area contributed by atoms with Crippen LogP contribution in [0.1, 0.15) is 24.3 Å². The SMILES string of the molecule is CCOC(=O)[C@H](O)[C@@H](O)c1c(OCc2ccccc2)ccc[n+]1[O-]. The Hall–Kier alpha value is -2.64. The van der Waals surface area contributed by atoms with Crippen LogP contribution in [0.5, 0.6) is 5.75 Å². The fourth-order valence-electron chi connectivity index (χ4n) is 2.12. The standard InChI is InChI=1S/C17H19NO6/c1-2-23-17(21)16(20)15(19)14-13(9-6-10-18(14)22)24-11-12-7-4-3-5-8-12/h3-10,15-16,19-20H,2,11H2,1H3/t15-,16+/m0/s1. The van der Waals surface area contributed by atoms with Crippen LogP contribution in [0.4, 0.5) is 0 Å². The molecule has 2 N–H and O–H groups in total. The normalized spacial score (nSPS) is 13.1. The van der Waals surface area contributed by atoms with Crippen molar-refractivity contribution >= 4 is 5.97 Å². The van der Waals surface area contributed by atoms with Gasteiger partial charge in [0.15, 0.2) is 24.2 Å². The van der Waals surface area contributed by atoms with Gasteiger partial charge in [-0.15, -0.1) is 0 Å². The molecule has 0 bridgehead atoms. The summed E-state index contributed by atoms with van der Waals surface area (Å²) >= 11 is 0. The number of aromatic nitrogens is 1. The molecular formula is C17H19NO6. The molecule has 0 unspecified atom stereocenters. The van der Waals surface area contributed by atoms with Crippen molar-refractivity contribution in [2.24, 2.45) is 0 Å². The minimum Gasteiger partial charge on any atom is -0.618 e. The number of aliphatic hydroxyl groups is 2. The Morgan fingerprint density at radius 2 is 1.92 bits per heavy atom. The van der Waals surface area contributed by atoms with Crippen molar-refractivity contribution in [3.05, 3.63) is 65.1 Å². The molecule has 0 aliphatic heterocycles. The summed E-state index contributed by atoms with van der Waals surface area (Å²) < 4.78 is 10.6. The lowest BCUT2D eigenvalue weighted by molar-refractivity contribution is -0.619. The van der Waals surface area contributed by atoms with Gasteiger partial charge < -0.3 is 24.9 Å². The number of hydrogen-bond acceptors (Lipinski definition) is 6. The van der Waals surface area contributed by atoms with E-state index in [-0.39, 0.29) is 24.7 Å². The van der Waals surface area contributed by atoms with Crippen LogP contribution in [-0.2, 0) is 16.1 Å². The first-order valence-corrected chi connectivity index (χ1v) is 7.46. The number of hydrogen-bond donors (Lipinski definition) is 2. The second-order valence-electron chi connectivity index (χ2n) is 5.00. The number of esters is 1. The fraction of sp³-hybridized carbons (Fsp3) is 0.294. The third-order valence-corrected chi connectivity index (χ3v) is 3.30. The van der Waals surface area contributed by atoms with Gasteiger partial charge in [0.1, 0.15) is 6.61 Å². The summed E-state index contributed by atoms with van der Waals surface area (Å²) in [5, 5.41) is 32.1. The number of nitrogens with zero attached hydrogens (tertiary/aromatic N) is 1. The van der Waals surface area contributed by atoms with E-state index in [0.29, 0.717) is 4.73 Å². The number of carbonyl (C=O) groups is 1. The summed E-state index contributed by atoms with van der Waals surface area (Å²) in [6.45, 7) is 1.79. The third kappa shape index (κ3) is 4.21. The maximum absolute atomic E-state index is 12.0. The topological polar surface area (TPSA) is 103 Å². The van der Waals surface area contributed by atoms with Crippen LogP contribution in [0.15, 0.2) is 48.7 Å². The molecule has 2 atom stereocenters. The molecule has 7 nitrogen and oxygen atoms in total. The summed E-state index contributed by atoms with van der Waals surface area (Å²) in [4.78, 5) is 11.6. The van der Waals surface area contributed by atoms with Crippen LogP contribution in [-0.4, -0.2) is 28.9 Å². The van der Waals surface area contributed by atoms with Crippen molar-refractivity contribution in [3.8, 4) is 5.75 Å². The van der Waals surface area contributed by atoms with Gasteiger partial charge in [-0.25, -0.2) is 4.79 Å². The Labute approximate surface area is 139 Å². The molecular weight excluding hydrogens is 314 g/mol. The summed E-state index contributed by atoms with van der Waals surface area (Å²) in [6.07, 6.45) is -2.51. The Morgan fingerprint density at radius 3 is 2.58 bits per heavy atom. The quantitative estimate of drug-likeness (QED) is 0.442. The second kappa shape index (κ2) is 8.28. The second-order valence-corrected chi connectivity index (χ2v) is 5.00. The summed E-state index contributed by atoms with van der Waals surface area (Å²) in [5.74, 6) is -0.935. The highest BCUT2D eigenvalue weighted by Crippen LogP contribution is 2.25. The van der Waals surface area contributed by atoms with Crippen LogP contribution >= 0.6 is 0 Å². The Balaban J connectivity index is 2.21. The van der Waals surface area contributed by atoms with Crippen LogP contribution in [0.3, 0.4) is 0 Å². The van der Waals surface area contributed by atoms with Crippen molar-refractivity contribution in [3.63, 3.8) is 0 Å². The molecule has 0 saturated carbocycles. The lowest BCUT2D eigenvalue weighted by Gasteiger charge is -2.18. The Kier molecular flexibility index (Phi) is 6.11. The minimum absolute atomic E-state index is 0.0478. The Bertz CT molecular complexity index is 676. The van der Waals surface area contributed by atoms with E-state index >= 15 is 0 Å². The molecule has 0 radical (unpaired) electrons. The van der Waals surface area contributed by atoms with Gasteiger partial charge in [0, 0.05) is 6.07 Å². The summed E-state index contributed by atoms with van der Waals surface area (Å²) in [5.41, 5.74) is 0.610. The molecule has 0 aliphatic rings. The molecule has 0 spiro atoms. The van der Waals surface area contributed by atoms with Gasteiger partial charge in [0.05, 0.1) is 6.61 Å². The molecule has 1 aromatic heterocycles. The van der Waals surface area contributed by atoms with Crippen LogP contribution in [0.25, 0.3) is 0 Å². The van der Waals surface area contributed by atoms with E-state index in [1.807, 2.05) is 30.3 Å². The molecule has 2 rings (SSSR count). The van der Waals surface area contributed by atoms with E-state index in [0.717, 1.165) is 11.8 Å². The van der Waals surface area contributed by atoms with Crippen molar-refractivity contribution in [2.75, 3.05) is 6.61 Å². The lowest BCUT2D eigenvalue weighted by atomic mass is 10.1. The summed E-state index contributed by atoms with van der Waals surface area (Å²) in [6, 6.07) is 12.2. The average molecular weight is 333 g/mol. The van der Waals surface area contributed by atoms with Gasteiger partial charge in [0.25, 0.3) is 5.69 Å². The number of carbonyl (C=O) groups excluding carboxylic acids is 1. The number of aliphatic hydroxyl groups excluding tert-OH is 2. The van der Waals surface area contributed by atoms with Gasteiger partial charge in [-0.2, -0.15) is 4.73 Å². The summed E-state index contributed by atoms with van der Waals surface area (Å²) in [7, 11) is 0. The van der Waals surface area contributed by atoms with E-state index in [9.17, 15) is 20.2 Å². The molecule has 0 fully saturated rings. The van der Waals surface area contributed by atoms with Crippen LogP contribution in [0, 0.1) is 5.21 Å². The van der Waals surface area contributed by atoms with Gasteiger partial charge >= 0.3 is 5.97 Å². The largest absolute Gasteiger partial charge is 0.618 e. The zero-order valence-corrected chi connectivity index (χ0v) is 13.2. The van der Waals surface area contributed by atoms with Crippen molar-refractivity contribution in [2.45, 2.75) is 25.7 Å². The van der Waals surface area contributed by atoms with E-state index in [1.165, 1.54) is 12.1 Å². The van der Waals surface area contributed by atoms with Crippen LogP contribution in [0.2, 0.25) is 0 Å². The minimum atomic E-state index is -1.88. The molecule has 0 aliphatic carbocycles. The number of benzene rings is 1. The zero-order valence-electron chi connectivity index (χ0n) is 13.2. The predicted molar refractivity (Wildman–Crippen MR) is 83.8 cm³/mol. The van der Waals surface area contributed by atoms with Crippen molar-refractivity contribution in [1.29, 1.82) is 0 Å². The average Bonchev–Trinajstić information content (AvgIpc) is 2.60. The maximum atomic E-state index is 12.0. The molecule has 1 aromatic carbocycles. The highest BCUT2D eigenvalue weighted by atomic mass is 16.5. The molecule has 1 heterocycles. The monoisotopic (exact) mass is 333 g/mol. The number of ether oxygens (including phenoxy) is 2. The maximum Gasteiger partial charge on any atom is 0.338 e. The number of rotatable bonds is 7. The highest BCUT2D eigenvalue weighted by Gasteiger charge is 2.35. The van der Waals surface area contributed by atoms with Crippen molar-refractivity contribution in [1.82, 2.24) is 0 Å². The predicted octanol–water partition coefficient (Wildman–Crippen LogP) is 0.856. The molecule has 0 saturated heterocycles. The van der Waals surface area contributed by atoms with Crippen molar-refractivity contribution < 1.29 is 29.2 Å². The van der Waals surface area contributed by atoms with Gasteiger partial charge in [-0.1, -0.05) is 30.3 Å². The fourth-order valence-corrected chi connectivity index (χ4v) is 2.12. The zero-order chi connectivity index (χ0) is 17.5.